The van der Waals surface area contributed by atoms with Crippen LogP contribution in [0.15, 0.2) is 17.3 Å². The lowest BCUT2D eigenvalue weighted by Crippen LogP contribution is -1.63. The van der Waals surface area contributed by atoms with Crippen LogP contribution in [0, 0.1) is 4.91 Å². The Labute approximate surface area is 57.5 Å². The Morgan fingerprint density at radius 2 is 2.44 bits per heavy atom. The molecule has 0 amide bonds. The molecule has 9 heavy (non-hydrogen) atoms. The predicted molar refractivity (Wildman–Crippen MR) is 39.2 cm³/mol. The molecule has 0 bridgehead atoms. The van der Waals surface area contributed by atoms with E-state index in [2.05, 4.69) is 12.1 Å². The molecule has 0 aliphatic heterocycles. The molecule has 1 rings (SSSR count). The molecular formula is C6H7NOS. The van der Waals surface area contributed by atoms with Crippen LogP contribution in [0.3, 0.4) is 0 Å². The first-order valence-electron chi connectivity index (χ1n) is 2.79. The van der Waals surface area contributed by atoms with Crippen LogP contribution in [-0.2, 0) is 6.42 Å². The Morgan fingerprint density at radius 1 is 1.67 bits per heavy atom. The maximum Gasteiger partial charge on any atom is 0.160 e. The second-order valence-electron chi connectivity index (χ2n) is 1.68. The van der Waals surface area contributed by atoms with E-state index in [1.165, 1.54) is 16.2 Å². The highest BCUT2D eigenvalue weighted by atomic mass is 32.1. The van der Waals surface area contributed by atoms with Gasteiger partial charge in [-0.25, -0.2) is 0 Å². The minimum absolute atomic E-state index is 0.576. The molecule has 0 saturated carbocycles. The number of thiophene rings is 1. The van der Waals surface area contributed by atoms with Gasteiger partial charge in [0.25, 0.3) is 0 Å². The fourth-order valence-electron chi connectivity index (χ4n) is 0.606. The number of hydrogen-bond donors (Lipinski definition) is 0. The normalized spacial score (nSPS) is 9.44. The first-order chi connectivity index (χ1) is 4.36. The Kier molecular flexibility index (Phi) is 1.95. The molecule has 48 valence electrons. The molecule has 2 nitrogen and oxygen atoms in total. The zero-order valence-electron chi connectivity index (χ0n) is 5.13. The monoisotopic (exact) mass is 141 g/mol. The van der Waals surface area contributed by atoms with Crippen molar-refractivity contribution in [3.05, 3.63) is 21.9 Å². The molecule has 0 fully saturated rings. The van der Waals surface area contributed by atoms with Gasteiger partial charge in [0.1, 0.15) is 0 Å². The van der Waals surface area contributed by atoms with Crippen molar-refractivity contribution in [3.63, 3.8) is 0 Å². The van der Waals surface area contributed by atoms with Gasteiger partial charge < -0.3 is 0 Å². The van der Waals surface area contributed by atoms with Crippen LogP contribution < -0.4 is 0 Å². The lowest BCUT2D eigenvalue weighted by molar-refractivity contribution is 1.19. The summed E-state index contributed by atoms with van der Waals surface area (Å²) in [4.78, 5) is 11.1. The fraction of sp³-hybridized carbons (Fsp3) is 0.333. The summed E-state index contributed by atoms with van der Waals surface area (Å²) in [5.74, 6) is 0. The van der Waals surface area contributed by atoms with Crippen LogP contribution in [0.1, 0.15) is 11.8 Å². The Hall–Kier alpha value is -0.700. The van der Waals surface area contributed by atoms with Crippen molar-refractivity contribution >= 4 is 16.3 Å². The van der Waals surface area contributed by atoms with E-state index < -0.39 is 0 Å². The van der Waals surface area contributed by atoms with Crippen LogP contribution in [0.25, 0.3) is 0 Å². The van der Waals surface area contributed by atoms with E-state index in [4.69, 9.17) is 0 Å². The quantitative estimate of drug-likeness (QED) is 0.582. The summed E-state index contributed by atoms with van der Waals surface area (Å²) in [5.41, 5.74) is 0. The second-order valence-corrected chi connectivity index (χ2v) is 2.83. The molecule has 1 heterocycles. The van der Waals surface area contributed by atoms with Gasteiger partial charge in [-0.2, -0.15) is 0 Å². The molecular weight excluding hydrogens is 134 g/mol. The molecule has 0 radical (unpaired) electrons. The number of rotatable bonds is 2. The summed E-state index contributed by atoms with van der Waals surface area (Å²) in [6.07, 6.45) is 0.986. The van der Waals surface area contributed by atoms with E-state index in [0.717, 1.165) is 6.42 Å². The largest absolute Gasteiger partial charge is 0.160 e. The maximum absolute atomic E-state index is 9.90. The van der Waals surface area contributed by atoms with E-state index in [-0.39, 0.29) is 0 Å². The van der Waals surface area contributed by atoms with Crippen molar-refractivity contribution in [2.24, 2.45) is 5.18 Å². The van der Waals surface area contributed by atoms with Gasteiger partial charge in [-0.05, 0) is 23.7 Å². The molecule has 0 aromatic carbocycles. The van der Waals surface area contributed by atoms with Crippen molar-refractivity contribution in [2.45, 2.75) is 13.3 Å². The average Bonchev–Trinajstić information content (AvgIpc) is 2.34. The van der Waals surface area contributed by atoms with Gasteiger partial charge >= 0.3 is 0 Å². The highest BCUT2D eigenvalue weighted by Crippen LogP contribution is 2.24. The van der Waals surface area contributed by atoms with Crippen LogP contribution in [0.5, 0.6) is 0 Å². The topological polar surface area (TPSA) is 29.4 Å². The van der Waals surface area contributed by atoms with Gasteiger partial charge in [0.05, 0.1) is 0 Å². The molecule has 0 atom stereocenters. The van der Waals surface area contributed by atoms with Crippen molar-refractivity contribution in [2.75, 3.05) is 0 Å². The molecule has 0 aliphatic carbocycles. The summed E-state index contributed by atoms with van der Waals surface area (Å²) >= 11 is 1.45. The van der Waals surface area contributed by atoms with Gasteiger partial charge in [-0.3, -0.25) is 0 Å². The SMILES string of the molecule is CCc1ccc(N=O)s1. The summed E-state index contributed by atoms with van der Waals surface area (Å²) in [7, 11) is 0. The molecule has 0 spiro atoms. The van der Waals surface area contributed by atoms with E-state index in [1.54, 1.807) is 6.07 Å². The molecule has 1 aromatic rings. The van der Waals surface area contributed by atoms with E-state index in [1.807, 2.05) is 6.07 Å². The Balaban J connectivity index is 2.86. The van der Waals surface area contributed by atoms with Gasteiger partial charge in [-0.15, -0.1) is 16.2 Å². The summed E-state index contributed by atoms with van der Waals surface area (Å²) in [5, 5.41) is 3.38. The predicted octanol–water partition coefficient (Wildman–Crippen LogP) is 2.71. The third kappa shape index (κ3) is 1.36. The molecule has 0 N–H and O–H groups in total. The number of aryl methyl sites for hydroxylation is 1. The molecule has 1 aromatic heterocycles. The van der Waals surface area contributed by atoms with Crippen LogP contribution >= 0.6 is 11.3 Å². The van der Waals surface area contributed by atoms with Gasteiger partial charge in [0, 0.05) is 4.88 Å². The summed E-state index contributed by atoms with van der Waals surface area (Å²) < 4.78 is 0. The lowest BCUT2D eigenvalue weighted by Gasteiger charge is -1.79. The van der Waals surface area contributed by atoms with Crippen molar-refractivity contribution in [1.82, 2.24) is 0 Å². The summed E-state index contributed by atoms with van der Waals surface area (Å²) in [6.45, 7) is 2.06. The van der Waals surface area contributed by atoms with Gasteiger partial charge in [0.2, 0.25) is 0 Å². The first-order valence-corrected chi connectivity index (χ1v) is 3.60. The minimum atomic E-state index is 0.576. The van der Waals surface area contributed by atoms with Crippen LogP contribution in [-0.4, -0.2) is 0 Å². The fourth-order valence-corrected chi connectivity index (χ4v) is 1.33. The zero-order valence-corrected chi connectivity index (χ0v) is 5.94. The third-order valence-corrected chi connectivity index (χ3v) is 2.19. The third-order valence-electron chi connectivity index (χ3n) is 1.09. The Morgan fingerprint density at radius 3 is 2.78 bits per heavy atom. The number of nitrogens with zero attached hydrogens (tertiary/aromatic N) is 1. The van der Waals surface area contributed by atoms with Crippen molar-refractivity contribution in [3.8, 4) is 0 Å². The maximum atomic E-state index is 9.90. The summed E-state index contributed by atoms with van der Waals surface area (Å²) in [6, 6.07) is 3.68. The molecule has 0 unspecified atom stereocenters. The molecule has 0 saturated heterocycles. The van der Waals surface area contributed by atoms with Crippen molar-refractivity contribution in [1.29, 1.82) is 0 Å². The standard InChI is InChI=1S/C6H7NOS/c1-2-5-3-4-6(7-8)9-5/h3-4H,2H2,1H3. The van der Waals surface area contributed by atoms with E-state index in [9.17, 15) is 4.91 Å². The molecule has 0 aliphatic rings. The van der Waals surface area contributed by atoms with Gasteiger partial charge in [0.15, 0.2) is 5.00 Å². The van der Waals surface area contributed by atoms with Crippen LogP contribution in [0.2, 0.25) is 0 Å². The second kappa shape index (κ2) is 2.73. The zero-order chi connectivity index (χ0) is 6.69. The highest BCUT2D eigenvalue weighted by Gasteiger charge is 1.95. The minimum Gasteiger partial charge on any atom is -0.144 e. The lowest BCUT2D eigenvalue weighted by atomic mass is 10.4. The Bertz CT molecular complexity index is 207. The van der Waals surface area contributed by atoms with E-state index in [0.29, 0.717) is 5.00 Å². The average molecular weight is 141 g/mol. The highest BCUT2D eigenvalue weighted by molar-refractivity contribution is 7.15. The molecule has 3 heteroatoms. The van der Waals surface area contributed by atoms with E-state index >= 15 is 0 Å². The number of nitroso groups, excluding NO2 is 1. The first kappa shape index (κ1) is 6.42. The van der Waals surface area contributed by atoms with Gasteiger partial charge in [-0.1, -0.05) is 6.92 Å². The van der Waals surface area contributed by atoms with Crippen molar-refractivity contribution < 1.29 is 0 Å². The van der Waals surface area contributed by atoms with Crippen LogP contribution in [0.4, 0.5) is 5.00 Å². The number of hydrogen-bond acceptors (Lipinski definition) is 3. The smallest absolute Gasteiger partial charge is 0.144 e.